The first-order chi connectivity index (χ1) is 15.8. The predicted octanol–water partition coefficient (Wildman–Crippen LogP) is 6.32. The quantitative estimate of drug-likeness (QED) is 0.297. The second kappa shape index (κ2) is 9.98. The molecule has 0 radical (unpaired) electrons. The highest BCUT2D eigenvalue weighted by atomic mass is 35.5. The van der Waals surface area contributed by atoms with E-state index in [2.05, 4.69) is 15.5 Å². The number of carbonyl (C=O) groups excluding carboxylic acids is 1. The second-order valence-electron chi connectivity index (χ2n) is 6.88. The minimum absolute atomic E-state index is 0.0546. The summed E-state index contributed by atoms with van der Waals surface area (Å²) in [5, 5.41) is 14.1. The van der Waals surface area contributed by atoms with Gasteiger partial charge < -0.3 is 5.32 Å². The van der Waals surface area contributed by atoms with E-state index in [1.54, 1.807) is 23.5 Å². The number of nitrogens with one attached hydrogen (secondary N) is 1. The zero-order valence-electron chi connectivity index (χ0n) is 16.8. The Morgan fingerprint density at radius 2 is 1.88 bits per heavy atom. The summed E-state index contributed by atoms with van der Waals surface area (Å²) in [6, 6.07) is 15.6. The van der Waals surface area contributed by atoms with Crippen LogP contribution in [0.25, 0.3) is 5.69 Å². The monoisotopic (exact) mass is 508 g/mol. The molecule has 0 aliphatic carbocycles. The van der Waals surface area contributed by atoms with Crippen LogP contribution in [-0.2, 0) is 17.4 Å². The average Bonchev–Trinajstić information content (AvgIpc) is 3.43. The van der Waals surface area contributed by atoms with Crippen LogP contribution < -0.4 is 5.32 Å². The van der Waals surface area contributed by atoms with Gasteiger partial charge in [0.25, 0.3) is 0 Å². The van der Waals surface area contributed by atoms with Gasteiger partial charge in [0.05, 0.1) is 11.3 Å². The molecule has 1 amide bonds. The normalized spacial score (nSPS) is 11.5. The molecule has 0 saturated carbocycles. The van der Waals surface area contributed by atoms with Crippen molar-refractivity contribution in [2.24, 2.45) is 0 Å². The molecule has 0 aliphatic heterocycles. The van der Waals surface area contributed by atoms with Gasteiger partial charge in [-0.25, -0.2) is 0 Å². The lowest BCUT2D eigenvalue weighted by atomic mass is 10.2. The summed E-state index contributed by atoms with van der Waals surface area (Å²) in [5.74, 6) is 0.186. The maximum Gasteiger partial charge on any atom is 0.416 e. The standard InChI is InChI=1S/C22H16ClF3N4OS2/c23-15-6-8-17(9-7-15)30-19(12-18-5-2-10-32-18)28-29-21(30)33-13-20(31)27-16-4-1-3-14(11-16)22(24,25)26/h1-11H,12-13H2,(H,27,31). The lowest BCUT2D eigenvalue weighted by Crippen LogP contribution is -2.15. The number of anilines is 1. The number of carbonyl (C=O) groups is 1. The van der Waals surface area contributed by atoms with Crippen molar-refractivity contribution < 1.29 is 18.0 Å². The molecule has 0 spiro atoms. The van der Waals surface area contributed by atoms with Crippen molar-refractivity contribution in [2.75, 3.05) is 11.1 Å². The van der Waals surface area contributed by atoms with E-state index in [1.807, 2.05) is 34.2 Å². The molecular weight excluding hydrogens is 493 g/mol. The number of nitrogens with zero attached hydrogens (tertiary/aromatic N) is 3. The molecule has 1 N–H and O–H groups in total. The third-order valence-corrected chi connectivity index (χ3v) is 6.56. The molecule has 5 nitrogen and oxygen atoms in total. The third-order valence-electron chi connectivity index (χ3n) is 4.50. The lowest BCUT2D eigenvalue weighted by Gasteiger charge is -2.11. The van der Waals surface area contributed by atoms with Gasteiger partial charge in [-0.05, 0) is 53.9 Å². The van der Waals surface area contributed by atoms with Gasteiger partial charge in [-0.2, -0.15) is 13.2 Å². The largest absolute Gasteiger partial charge is 0.416 e. The summed E-state index contributed by atoms with van der Waals surface area (Å²) < 4.78 is 40.5. The summed E-state index contributed by atoms with van der Waals surface area (Å²) >= 11 is 8.76. The van der Waals surface area contributed by atoms with E-state index in [9.17, 15) is 18.0 Å². The van der Waals surface area contributed by atoms with Crippen LogP contribution in [0.5, 0.6) is 0 Å². The maximum absolute atomic E-state index is 12.9. The smallest absolute Gasteiger partial charge is 0.325 e. The number of alkyl halides is 3. The van der Waals surface area contributed by atoms with Crippen LogP contribution in [0, 0.1) is 0 Å². The van der Waals surface area contributed by atoms with Crippen LogP contribution in [0.2, 0.25) is 5.02 Å². The number of hydrogen-bond acceptors (Lipinski definition) is 5. The highest BCUT2D eigenvalue weighted by Gasteiger charge is 2.30. The topological polar surface area (TPSA) is 59.8 Å². The van der Waals surface area contributed by atoms with Gasteiger partial charge in [-0.15, -0.1) is 21.5 Å². The Balaban J connectivity index is 1.51. The summed E-state index contributed by atoms with van der Waals surface area (Å²) in [7, 11) is 0. The van der Waals surface area contributed by atoms with Crippen molar-refractivity contribution in [2.45, 2.75) is 17.8 Å². The number of hydrogen-bond donors (Lipinski definition) is 1. The number of thioether (sulfide) groups is 1. The van der Waals surface area contributed by atoms with Crippen molar-refractivity contribution in [1.29, 1.82) is 0 Å². The minimum atomic E-state index is -4.48. The Morgan fingerprint density at radius 1 is 1.09 bits per heavy atom. The zero-order chi connectivity index (χ0) is 23.4. The molecule has 0 fully saturated rings. The molecular formula is C22H16ClF3N4OS2. The van der Waals surface area contributed by atoms with E-state index in [0.29, 0.717) is 22.4 Å². The fraction of sp³-hybridized carbons (Fsp3) is 0.136. The summed E-state index contributed by atoms with van der Waals surface area (Å²) in [6.45, 7) is 0. The highest BCUT2D eigenvalue weighted by molar-refractivity contribution is 7.99. The SMILES string of the molecule is O=C(CSc1nnc(Cc2cccs2)n1-c1ccc(Cl)cc1)Nc1cccc(C(F)(F)F)c1. The highest BCUT2D eigenvalue weighted by Crippen LogP contribution is 2.31. The fourth-order valence-electron chi connectivity index (χ4n) is 3.03. The van der Waals surface area contributed by atoms with Crippen LogP contribution in [0.1, 0.15) is 16.3 Å². The number of rotatable bonds is 7. The molecule has 0 aliphatic rings. The second-order valence-corrected chi connectivity index (χ2v) is 9.29. The molecule has 11 heteroatoms. The van der Waals surface area contributed by atoms with Crippen molar-refractivity contribution in [3.63, 3.8) is 0 Å². The summed E-state index contributed by atoms with van der Waals surface area (Å²) in [5.41, 5.74) is 0.0402. The van der Waals surface area contributed by atoms with Crippen molar-refractivity contribution in [3.8, 4) is 5.69 Å². The van der Waals surface area contributed by atoms with Crippen LogP contribution >= 0.6 is 34.7 Å². The number of amides is 1. The van der Waals surface area contributed by atoms with Gasteiger partial charge >= 0.3 is 6.18 Å². The van der Waals surface area contributed by atoms with Crippen LogP contribution in [0.3, 0.4) is 0 Å². The maximum atomic E-state index is 12.9. The Morgan fingerprint density at radius 3 is 2.58 bits per heavy atom. The van der Waals surface area contributed by atoms with Gasteiger partial charge in [-0.1, -0.05) is 35.5 Å². The molecule has 2 aromatic heterocycles. The first-order valence-corrected chi connectivity index (χ1v) is 11.9. The predicted molar refractivity (Wildman–Crippen MR) is 124 cm³/mol. The van der Waals surface area contributed by atoms with Gasteiger partial charge in [0.1, 0.15) is 5.82 Å². The van der Waals surface area contributed by atoms with E-state index in [-0.39, 0.29) is 11.4 Å². The van der Waals surface area contributed by atoms with Gasteiger partial charge in [0.15, 0.2) is 5.16 Å². The van der Waals surface area contributed by atoms with Crippen LogP contribution in [-0.4, -0.2) is 26.4 Å². The van der Waals surface area contributed by atoms with Crippen molar-refractivity contribution in [3.05, 3.63) is 87.3 Å². The minimum Gasteiger partial charge on any atom is -0.325 e. The molecule has 4 aromatic rings. The summed E-state index contributed by atoms with van der Waals surface area (Å²) in [6.07, 6.45) is -3.92. The van der Waals surface area contributed by atoms with Crippen molar-refractivity contribution >= 4 is 46.3 Å². The molecule has 4 rings (SSSR count). The lowest BCUT2D eigenvalue weighted by molar-refractivity contribution is -0.137. The van der Waals surface area contributed by atoms with Crippen LogP contribution in [0.4, 0.5) is 18.9 Å². The first kappa shape index (κ1) is 23.3. The molecule has 170 valence electrons. The molecule has 0 unspecified atom stereocenters. The zero-order valence-corrected chi connectivity index (χ0v) is 19.2. The van der Waals surface area contributed by atoms with Crippen LogP contribution in [0.15, 0.2) is 71.2 Å². The molecule has 33 heavy (non-hydrogen) atoms. The van der Waals surface area contributed by atoms with Gasteiger partial charge in [-0.3, -0.25) is 9.36 Å². The number of thiophene rings is 1. The number of halogens is 4. The number of aromatic nitrogens is 3. The fourth-order valence-corrected chi connectivity index (χ4v) is 4.63. The van der Waals surface area contributed by atoms with Crippen molar-refractivity contribution in [1.82, 2.24) is 14.8 Å². The molecule has 2 aromatic carbocycles. The van der Waals surface area contributed by atoms with E-state index >= 15 is 0 Å². The Labute approximate surface area is 200 Å². The summed E-state index contributed by atoms with van der Waals surface area (Å²) in [4.78, 5) is 13.5. The van der Waals surface area contributed by atoms with E-state index in [0.717, 1.165) is 34.5 Å². The molecule has 0 saturated heterocycles. The Bertz CT molecular complexity index is 1240. The Hall–Kier alpha value is -2.82. The Kier molecular flexibility index (Phi) is 7.06. The van der Waals surface area contributed by atoms with E-state index in [4.69, 9.17) is 11.6 Å². The first-order valence-electron chi connectivity index (χ1n) is 9.62. The van der Waals surface area contributed by atoms with Gasteiger partial charge in [0.2, 0.25) is 5.91 Å². The molecule has 0 atom stereocenters. The molecule has 0 bridgehead atoms. The molecule has 2 heterocycles. The average molecular weight is 509 g/mol. The number of benzene rings is 2. The third kappa shape index (κ3) is 5.95. The van der Waals surface area contributed by atoms with Gasteiger partial charge in [0, 0.05) is 27.7 Å². The van der Waals surface area contributed by atoms with E-state index < -0.39 is 17.6 Å². The van der Waals surface area contributed by atoms with E-state index in [1.165, 1.54) is 12.1 Å².